The molecule has 7 aliphatic heterocycles. The van der Waals surface area contributed by atoms with Crippen LogP contribution in [-0.4, -0.2) is 387 Å². The van der Waals surface area contributed by atoms with Crippen molar-refractivity contribution < 1.29 is 183 Å². The zero-order valence-corrected chi connectivity index (χ0v) is 47.8. The van der Waals surface area contributed by atoms with Crippen LogP contribution in [0.1, 0.15) is 27.2 Å². The molecule has 0 aromatic carbocycles. The number of hydrogen-bond acceptors (Lipinski definition) is 36. The summed E-state index contributed by atoms with van der Waals surface area (Å²) in [6.45, 7) is -3.18. The maximum Gasteiger partial charge on any atom is 0.364 e. The number of methoxy groups -OCH3 is 1. The number of carboxylic acid groups (broad SMARTS) is 1. The number of aliphatic carboxylic acids is 1. The number of ether oxygens (including phenoxy) is 14. The third-order valence-corrected chi connectivity index (χ3v) is 16.8. The van der Waals surface area contributed by atoms with Gasteiger partial charge in [-0.15, -0.1) is 0 Å². The van der Waals surface area contributed by atoms with Gasteiger partial charge < -0.3 is 179 Å². The molecule has 0 aliphatic carbocycles. The van der Waals surface area contributed by atoms with Crippen LogP contribution in [0, 0.1) is 5.92 Å². The molecule has 0 aromatic heterocycles. The normalized spacial score (nSPS) is 49.4. The van der Waals surface area contributed by atoms with E-state index in [2.05, 4.69) is 5.32 Å². The SMILES string of the molecule is COC1[C@H](O[C@@H]2C(CO)O[C@@H](O[C@@H]3C(O)[C@H](O[C@@H]4C(CO)O[C@@H](O[C@@H]5C(O)[C@H](C)OC(CO)[C@H]5O)C(O)[C@H]4O)OC(CO[C@@H]4OC(CO)[C@H](O)[C@H](O)C4O)[C@@H]3O)C(NC(C)=O)[C@H]2O)OC(CO)[C@H](O)[C@@H]1O[C@]1(C(=O)O)C[C@@H](O)[C@@H](C)C(C(O)C(O)CO)O1. The van der Waals surface area contributed by atoms with Gasteiger partial charge in [0.25, 0.3) is 5.79 Å². The van der Waals surface area contributed by atoms with E-state index in [9.17, 15) is 117 Å². The third kappa shape index (κ3) is 15.2. The van der Waals surface area contributed by atoms with Gasteiger partial charge in [-0.25, -0.2) is 4.79 Å². The maximum absolute atomic E-state index is 13.1. The van der Waals surface area contributed by atoms with Gasteiger partial charge in [0.1, 0.15) is 159 Å². The summed E-state index contributed by atoms with van der Waals surface area (Å²) in [5.74, 6) is -6.97. The first-order valence-corrected chi connectivity index (χ1v) is 28.3. The smallest absolute Gasteiger partial charge is 0.364 e. The largest absolute Gasteiger partial charge is 0.477 e. The van der Waals surface area contributed by atoms with Crippen LogP contribution in [0.3, 0.4) is 0 Å². The second-order valence-electron chi connectivity index (χ2n) is 22.7. The maximum atomic E-state index is 13.1. The molecule has 88 heavy (non-hydrogen) atoms. The molecule has 7 rings (SSSR count). The molecule has 36 atom stereocenters. The minimum absolute atomic E-state index is 0.734. The fourth-order valence-corrected chi connectivity index (χ4v) is 11.6. The Morgan fingerprint density at radius 3 is 1.56 bits per heavy atom. The fourth-order valence-electron chi connectivity index (χ4n) is 11.6. The van der Waals surface area contributed by atoms with E-state index >= 15 is 0 Å². The Hall–Kier alpha value is -2.42. The number of aliphatic hydroxyl groups excluding tert-OH is 20. The molecule has 22 N–H and O–H groups in total. The van der Waals surface area contributed by atoms with Crippen LogP contribution in [0.15, 0.2) is 0 Å². The van der Waals surface area contributed by atoms with Crippen LogP contribution >= 0.6 is 0 Å². The Morgan fingerprint density at radius 2 is 0.977 bits per heavy atom. The number of carbonyl (C=O) groups is 2. The van der Waals surface area contributed by atoms with Gasteiger partial charge in [0.2, 0.25) is 5.91 Å². The lowest BCUT2D eigenvalue weighted by Crippen LogP contribution is -2.70. The molecule has 0 bridgehead atoms. The van der Waals surface area contributed by atoms with Gasteiger partial charge in [-0.05, 0) is 6.92 Å². The Labute approximate surface area is 500 Å². The molecular formula is C50H85NO37. The molecule has 38 nitrogen and oxygen atoms in total. The van der Waals surface area contributed by atoms with Crippen molar-refractivity contribution in [3.05, 3.63) is 0 Å². The van der Waals surface area contributed by atoms with Gasteiger partial charge in [0.05, 0.1) is 64.6 Å². The van der Waals surface area contributed by atoms with E-state index in [1.165, 1.54) is 13.8 Å². The van der Waals surface area contributed by atoms with Gasteiger partial charge in [-0.3, -0.25) is 4.79 Å². The molecule has 0 radical (unpaired) electrons. The first kappa shape index (κ1) is 73.0. The van der Waals surface area contributed by atoms with Crippen molar-refractivity contribution in [1.82, 2.24) is 5.32 Å². The highest BCUT2D eigenvalue weighted by atomic mass is 16.8. The monoisotopic (exact) mass is 1290 g/mol. The van der Waals surface area contributed by atoms with Crippen LogP contribution < -0.4 is 5.32 Å². The van der Waals surface area contributed by atoms with E-state index in [4.69, 9.17) is 66.3 Å². The Kier molecular flexibility index (Phi) is 25.9. The summed E-state index contributed by atoms with van der Waals surface area (Å²) in [7, 11) is 0.994. The summed E-state index contributed by atoms with van der Waals surface area (Å²) in [6.07, 6.45) is -63.4. The molecular weight excluding hydrogens is 1210 g/mol. The zero-order valence-electron chi connectivity index (χ0n) is 47.8. The molecule has 7 saturated heterocycles. The second-order valence-corrected chi connectivity index (χ2v) is 22.7. The highest BCUT2D eigenvalue weighted by molar-refractivity contribution is 5.76. The number of amides is 1. The predicted molar refractivity (Wildman–Crippen MR) is 272 cm³/mol. The van der Waals surface area contributed by atoms with E-state index < -0.39 is 285 Å². The second kappa shape index (κ2) is 31.2. The molecule has 0 saturated carbocycles. The first-order valence-electron chi connectivity index (χ1n) is 28.3. The lowest BCUT2D eigenvalue weighted by Gasteiger charge is -2.51. The molecule has 1 amide bonds. The van der Waals surface area contributed by atoms with Crippen LogP contribution in [-0.2, 0) is 75.9 Å². The van der Waals surface area contributed by atoms with E-state index in [1.807, 2.05) is 0 Å². The van der Waals surface area contributed by atoms with Crippen molar-refractivity contribution in [2.45, 2.75) is 241 Å². The Bertz CT molecular complexity index is 2180. The Balaban J connectivity index is 1.16. The highest BCUT2D eigenvalue weighted by Gasteiger charge is 2.61. The van der Waals surface area contributed by atoms with Gasteiger partial charge in [-0.2, -0.15) is 0 Å². The lowest BCUT2D eigenvalue weighted by molar-refractivity contribution is -0.395. The molecule has 0 aromatic rings. The van der Waals surface area contributed by atoms with E-state index in [-0.39, 0.29) is 0 Å². The summed E-state index contributed by atoms with van der Waals surface area (Å²) >= 11 is 0. The van der Waals surface area contributed by atoms with Crippen molar-refractivity contribution in [2.24, 2.45) is 5.92 Å². The van der Waals surface area contributed by atoms with E-state index in [0.29, 0.717) is 0 Å². The predicted octanol–water partition coefficient (Wildman–Crippen LogP) is -13.9. The topological polar surface area (TPSA) is 600 Å². The summed E-state index contributed by atoms with van der Waals surface area (Å²) in [4.78, 5) is 26.0. The number of carboxylic acids is 1. The molecule has 7 fully saturated rings. The third-order valence-electron chi connectivity index (χ3n) is 16.8. The number of rotatable bonds is 24. The molecule has 15 unspecified atom stereocenters. The minimum Gasteiger partial charge on any atom is -0.477 e. The summed E-state index contributed by atoms with van der Waals surface area (Å²) in [6, 6.07) is -1.92. The number of aliphatic hydroxyl groups is 20. The standard InChI is InChI=1S/C50H85NO37/c1-13-16(59)5-50(49(73)74,87-37(13)26(62)17(60)6-52)88-42-29(65)20(9-55)79-48(43(42)75-4)84-38-21(10-56)80-44(24(31(38)67)51-15(3)58)85-41-30(66)23(12-76-45-34(70)32(68)27(63)18(7-53)78-45)82-47(36(41)72)83-39-22(11-57)81-46(35(71)33(39)69)86-40-25(61)14(2)77-19(8-54)28(40)64/h13-14,16-48,52-57,59-72H,5-12H2,1-4H3,(H,51,58)(H,73,74)/t13-,14+,16-,17?,18?,19?,20?,21?,22?,23?,24?,25?,26?,27+,28-,29+,30+,31-,32+,33-,34?,35?,36?,37?,38-,39-,40-,41+,42+,43?,44+,45-,46+,47+,48+,50+/m1/s1. The summed E-state index contributed by atoms with van der Waals surface area (Å²) in [5.41, 5.74) is 0. The molecule has 7 heterocycles. The molecule has 38 heteroatoms. The fraction of sp³-hybridized carbons (Fsp3) is 0.960. The van der Waals surface area contributed by atoms with Crippen LogP contribution in [0.25, 0.3) is 0 Å². The van der Waals surface area contributed by atoms with Crippen LogP contribution in [0.2, 0.25) is 0 Å². The Morgan fingerprint density at radius 1 is 0.511 bits per heavy atom. The zero-order chi connectivity index (χ0) is 65.1. The van der Waals surface area contributed by atoms with Crippen molar-refractivity contribution in [2.75, 3.05) is 53.4 Å². The van der Waals surface area contributed by atoms with Crippen LogP contribution in [0.4, 0.5) is 0 Å². The summed E-state index contributed by atoms with van der Waals surface area (Å²) in [5, 5.41) is 230. The quantitative estimate of drug-likeness (QED) is 0.0427. The number of hydrogen-bond donors (Lipinski definition) is 22. The number of carbonyl (C=O) groups excluding carboxylic acids is 1. The minimum atomic E-state index is -3.00. The van der Waals surface area contributed by atoms with Gasteiger partial charge in [-0.1, -0.05) is 6.92 Å². The van der Waals surface area contributed by atoms with Gasteiger partial charge in [0, 0.05) is 26.4 Å². The molecule has 7 aliphatic rings. The average molecular weight is 1290 g/mol. The van der Waals surface area contributed by atoms with Crippen molar-refractivity contribution in [1.29, 1.82) is 0 Å². The van der Waals surface area contributed by atoms with Gasteiger partial charge in [0.15, 0.2) is 31.5 Å². The van der Waals surface area contributed by atoms with Gasteiger partial charge >= 0.3 is 5.97 Å². The summed E-state index contributed by atoms with van der Waals surface area (Å²) < 4.78 is 81.2. The molecule has 512 valence electrons. The van der Waals surface area contributed by atoms with Crippen molar-refractivity contribution >= 4 is 11.9 Å². The first-order chi connectivity index (χ1) is 41.6. The van der Waals surface area contributed by atoms with E-state index in [0.717, 1.165) is 14.0 Å². The number of nitrogens with one attached hydrogen (secondary N) is 1. The molecule has 0 spiro atoms. The average Bonchev–Trinajstić information content (AvgIpc) is 1.51. The van der Waals surface area contributed by atoms with Crippen molar-refractivity contribution in [3.63, 3.8) is 0 Å². The van der Waals surface area contributed by atoms with E-state index in [1.54, 1.807) is 0 Å². The highest BCUT2D eigenvalue weighted by Crippen LogP contribution is 2.42. The van der Waals surface area contributed by atoms with Crippen molar-refractivity contribution in [3.8, 4) is 0 Å². The van der Waals surface area contributed by atoms with Crippen LogP contribution in [0.5, 0.6) is 0 Å². The lowest BCUT2D eigenvalue weighted by atomic mass is 9.84.